The first-order chi connectivity index (χ1) is 11.2. The number of aromatic amines is 1. The molecule has 0 radical (unpaired) electrons. The average Bonchev–Trinajstić information content (AvgIpc) is 2.93. The Morgan fingerprint density at radius 1 is 0.957 bits per heavy atom. The van der Waals surface area contributed by atoms with Gasteiger partial charge in [0.15, 0.2) is 0 Å². The van der Waals surface area contributed by atoms with Crippen molar-refractivity contribution in [3.63, 3.8) is 0 Å². The highest BCUT2D eigenvalue weighted by molar-refractivity contribution is 6.09. The van der Waals surface area contributed by atoms with Crippen molar-refractivity contribution in [1.29, 1.82) is 0 Å². The van der Waals surface area contributed by atoms with Crippen molar-refractivity contribution in [1.82, 2.24) is 9.97 Å². The number of aromatic carboxylic acids is 1. The zero-order valence-electron chi connectivity index (χ0n) is 12.0. The average molecular weight is 304 g/mol. The molecule has 23 heavy (non-hydrogen) atoms. The van der Waals surface area contributed by atoms with Gasteiger partial charge in [0.1, 0.15) is 17.2 Å². The van der Waals surface area contributed by atoms with Crippen LogP contribution >= 0.6 is 0 Å². The fourth-order valence-corrected chi connectivity index (χ4v) is 2.58. The van der Waals surface area contributed by atoms with Crippen LogP contribution < -0.4 is 4.74 Å². The summed E-state index contributed by atoms with van der Waals surface area (Å²) in [6.07, 6.45) is 1.54. The molecule has 2 heterocycles. The molecule has 2 aromatic heterocycles. The Morgan fingerprint density at radius 3 is 2.52 bits per heavy atom. The Hall–Kier alpha value is -3.34. The molecule has 2 aromatic carbocycles. The van der Waals surface area contributed by atoms with Gasteiger partial charge in [-0.05, 0) is 36.4 Å². The smallest absolute Gasteiger partial charge is 0.354 e. The van der Waals surface area contributed by atoms with E-state index in [1.165, 1.54) is 6.20 Å². The van der Waals surface area contributed by atoms with E-state index >= 15 is 0 Å². The van der Waals surface area contributed by atoms with Crippen LogP contribution in [0.3, 0.4) is 0 Å². The number of nitrogens with zero attached hydrogens (tertiary/aromatic N) is 1. The second-order valence-electron chi connectivity index (χ2n) is 5.17. The second-order valence-corrected chi connectivity index (χ2v) is 5.17. The molecule has 0 aliphatic carbocycles. The van der Waals surface area contributed by atoms with Gasteiger partial charge < -0.3 is 14.8 Å². The predicted octanol–water partition coefficient (Wildman–Crippen LogP) is 4.21. The third-order valence-electron chi connectivity index (χ3n) is 3.65. The highest BCUT2D eigenvalue weighted by Crippen LogP contribution is 2.30. The number of fused-ring (bicyclic) bond motifs is 3. The summed E-state index contributed by atoms with van der Waals surface area (Å²) in [5, 5.41) is 10.8. The first-order valence-electron chi connectivity index (χ1n) is 7.08. The number of aromatic nitrogens is 2. The lowest BCUT2D eigenvalue weighted by Gasteiger charge is -2.05. The monoisotopic (exact) mass is 304 g/mol. The van der Waals surface area contributed by atoms with Crippen molar-refractivity contribution in [2.75, 3.05) is 0 Å². The summed E-state index contributed by atoms with van der Waals surface area (Å²) < 4.78 is 5.84. The molecule has 0 spiro atoms. The standard InChI is InChI=1S/C18H12N2O3/c21-18(22)16-9-14-13-8-12(23-11-4-2-1-3-5-11)6-7-15(13)20-17(14)10-19-16/h1-10,20H,(H,21,22). The van der Waals surface area contributed by atoms with Gasteiger partial charge in [-0.1, -0.05) is 18.2 Å². The van der Waals surface area contributed by atoms with Crippen molar-refractivity contribution in [2.45, 2.75) is 0 Å². The van der Waals surface area contributed by atoms with E-state index in [1.807, 2.05) is 48.5 Å². The van der Waals surface area contributed by atoms with Crippen molar-refractivity contribution in [3.8, 4) is 11.5 Å². The third-order valence-corrected chi connectivity index (χ3v) is 3.65. The number of ether oxygens (including phenoxy) is 1. The number of H-pyrrole nitrogens is 1. The Morgan fingerprint density at radius 2 is 1.74 bits per heavy atom. The number of carboxylic acids is 1. The van der Waals surface area contributed by atoms with Crippen LogP contribution in [0.25, 0.3) is 21.8 Å². The lowest BCUT2D eigenvalue weighted by Crippen LogP contribution is -1.98. The Labute approximate surface area is 131 Å². The zero-order chi connectivity index (χ0) is 15.8. The summed E-state index contributed by atoms with van der Waals surface area (Å²) in [5.41, 5.74) is 1.72. The van der Waals surface area contributed by atoms with Crippen LogP contribution in [0.4, 0.5) is 0 Å². The van der Waals surface area contributed by atoms with Gasteiger partial charge in [0.2, 0.25) is 0 Å². The van der Waals surface area contributed by atoms with Crippen molar-refractivity contribution in [3.05, 3.63) is 66.5 Å². The maximum absolute atomic E-state index is 11.1. The number of pyridine rings is 1. The minimum absolute atomic E-state index is 0.0211. The SMILES string of the molecule is O=C(O)c1cc2c(cn1)[nH]c1ccc(Oc3ccccc3)cc12. The Bertz CT molecular complexity index is 1020. The van der Waals surface area contributed by atoms with E-state index in [9.17, 15) is 4.79 Å². The molecule has 0 aliphatic rings. The molecule has 112 valence electrons. The molecule has 4 aromatic rings. The van der Waals surface area contributed by atoms with Crippen LogP contribution in [0, 0.1) is 0 Å². The molecule has 0 bridgehead atoms. The van der Waals surface area contributed by atoms with E-state index in [-0.39, 0.29) is 5.69 Å². The van der Waals surface area contributed by atoms with Gasteiger partial charge in [-0.3, -0.25) is 0 Å². The van der Waals surface area contributed by atoms with Crippen LogP contribution in [0.2, 0.25) is 0 Å². The maximum Gasteiger partial charge on any atom is 0.354 e. The van der Waals surface area contributed by atoms with E-state index in [0.29, 0.717) is 5.75 Å². The molecule has 2 N–H and O–H groups in total. The summed E-state index contributed by atoms with van der Waals surface area (Å²) in [6, 6.07) is 16.8. The highest BCUT2D eigenvalue weighted by atomic mass is 16.5. The summed E-state index contributed by atoms with van der Waals surface area (Å²) >= 11 is 0. The number of nitrogens with one attached hydrogen (secondary N) is 1. The molecule has 5 nitrogen and oxygen atoms in total. The molecule has 0 atom stereocenters. The Kier molecular flexibility index (Phi) is 2.98. The van der Waals surface area contributed by atoms with Crippen LogP contribution in [0.15, 0.2) is 60.8 Å². The second kappa shape index (κ2) is 5.14. The lowest BCUT2D eigenvalue weighted by molar-refractivity contribution is 0.0690. The largest absolute Gasteiger partial charge is 0.477 e. The van der Waals surface area contributed by atoms with Crippen molar-refractivity contribution in [2.24, 2.45) is 0 Å². The van der Waals surface area contributed by atoms with Crippen LogP contribution in [-0.2, 0) is 0 Å². The van der Waals surface area contributed by atoms with E-state index in [1.54, 1.807) is 6.07 Å². The van der Waals surface area contributed by atoms with Gasteiger partial charge in [0.25, 0.3) is 0 Å². The number of benzene rings is 2. The number of carboxylic acid groups (broad SMARTS) is 1. The van der Waals surface area contributed by atoms with E-state index in [2.05, 4.69) is 9.97 Å². The summed E-state index contributed by atoms with van der Waals surface area (Å²) in [7, 11) is 0. The highest BCUT2D eigenvalue weighted by Gasteiger charge is 2.11. The molecule has 4 rings (SSSR count). The Balaban J connectivity index is 1.84. The maximum atomic E-state index is 11.1. The predicted molar refractivity (Wildman–Crippen MR) is 87.1 cm³/mol. The minimum Gasteiger partial charge on any atom is -0.477 e. The molecule has 5 heteroatoms. The molecule has 0 amide bonds. The molecule has 0 aliphatic heterocycles. The molecule has 0 fully saturated rings. The number of hydrogen-bond acceptors (Lipinski definition) is 3. The van der Waals surface area contributed by atoms with E-state index in [0.717, 1.165) is 27.6 Å². The summed E-state index contributed by atoms with van der Waals surface area (Å²) in [6.45, 7) is 0. The molecule has 0 saturated carbocycles. The van der Waals surface area contributed by atoms with E-state index in [4.69, 9.17) is 9.84 Å². The number of para-hydroxylation sites is 1. The van der Waals surface area contributed by atoms with E-state index < -0.39 is 5.97 Å². The van der Waals surface area contributed by atoms with Crippen LogP contribution in [0.5, 0.6) is 11.5 Å². The topological polar surface area (TPSA) is 75.2 Å². The quantitative estimate of drug-likeness (QED) is 0.594. The van der Waals surface area contributed by atoms with Crippen LogP contribution in [-0.4, -0.2) is 21.0 Å². The summed E-state index contributed by atoms with van der Waals surface area (Å²) in [5.74, 6) is 0.399. The van der Waals surface area contributed by atoms with Crippen molar-refractivity contribution >= 4 is 27.8 Å². The molecule has 0 unspecified atom stereocenters. The van der Waals surface area contributed by atoms with Gasteiger partial charge in [-0.25, -0.2) is 9.78 Å². The third kappa shape index (κ3) is 2.38. The van der Waals surface area contributed by atoms with Gasteiger partial charge in [0.05, 0.1) is 11.7 Å². The number of rotatable bonds is 3. The first kappa shape index (κ1) is 13.3. The van der Waals surface area contributed by atoms with Gasteiger partial charge >= 0.3 is 5.97 Å². The van der Waals surface area contributed by atoms with Crippen molar-refractivity contribution < 1.29 is 14.6 Å². The molecule has 0 saturated heterocycles. The first-order valence-corrected chi connectivity index (χ1v) is 7.08. The lowest BCUT2D eigenvalue weighted by atomic mass is 10.1. The van der Waals surface area contributed by atoms with Gasteiger partial charge in [-0.15, -0.1) is 0 Å². The zero-order valence-corrected chi connectivity index (χ0v) is 12.0. The molecular weight excluding hydrogens is 292 g/mol. The fourth-order valence-electron chi connectivity index (χ4n) is 2.58. The normalized spacial score (nSPS) is 11.0. The molecular formula is C18H12N2O3. The van der Waals surface area contributed by atoms with Gasteiger partial charge in [-0.2, -0.15) is 0 Å². The minimum atomic E-state index is -1.04. The summed E-state index contributed by atoms with van der Waals surface area (Å²) in [4.78, 5) is 18.3. The fraction of sp³-hybridized carbons (Fsp3) is 0. The number of hydrogen-bond donors (Lipinski definition) is 2. The van der Waals surface area contributed by atoms with Crippen LogP contribution in [0.1, 0.15) is 10.5 Å². The number of carbonyl (C=O) groups is 1. The van der Waals surface area contributed by atoms with Gasteiger partial charge in [0, 0.05) is 16.3 Å².